The van der Waals surface area contributed by atoms with Crippen LogP contribution >= 0.6 is 0 Å². The maximum Gasteiger partial charge on any atom is 0.255 e. The van der Waals surface area contributed by atoms with Crippen molar-refractivity contribution in [3.63, 3.8) is 0 Å². The second-order valence-corrected chi connectivity index (χ2v) is 6.93. The highest BCUT2D eigenvalue weighted by molar-refractivity contribution is 6.05. The number of nitrogens with zero attached hydrogens (tertiary/aromatic N) is 1. The number of carbonyl (C=O) groups is 1. The van der Waals surface area contributed by atoms with Gasteiger partial charge in [-0.25, -0.2) is 0 Å². The van der Waals surface area contributed by atoms with Crippen LogP contribution in [0.2, 0.25) is 0 Å². The molecule has 6 nitrogen and oxygen atoms in total. The number of hydrogen-bond donors (Lipinski definition) is 3. The van der Waals surface area contributed by atoms with Crippen LogP contribution in [0.3, 0.4) is 0 Å². The summed E-state index contributed by atoms with van der Waals surface area (Å²) in [4.78, 5) is 14.9. The molecule has 1 unspecified atom stereocenters. The molecule has 0 aliphatic carbocycles. The van der Waals surface area contributed by atoms with E-state index in [4.69, 9.17) is 10.5 Å². The summed E-state index contributed by atoms with van der Waals surface area (Å²) in [5.74, 6) is -0.161. The van der Waals surface area contributed by atoms with E-state index in [1.165, 1.54) is 0 Å². The summed E-state index contributed by atoms with van der Waals surface area (Å²) in [6.45, 7) is 3.89. The number of likely N-dealkylation sites (tertiary alicyclic amines) is 1. The number of nitrogens with two attached hydrogens (primary N) is 1. The highest BCUT2D eigenvalue weighted by Crippen LogP contribution is 2.22. The molecule has 2 fully saturated rings. The number of rotatable bonds is 5. The van der Waals surface area contributed by atoms with E-state index in [-0.39, 0.29) is 5.91 Å². The molecule has 2 aliphatic rings. The third kappa shape index (κ3) is 3.66. The Labute approximate surface area is 153 Å². The molecule has 136 valence electrons. The third-order valence-corrected chi connectivity index (χ3v) is 5.08. The summed E-state index contributed by atoms with van der Waals surface area (Å²) in [6, 6.07) is 15.9. The van der Waals surface area contributed by atoms with Gasteiger partial charge in [0.05, 0.1) is 30.6 Å². The number of para-hydroxylation sites is 2. The Morgan fingerprint density at radius 3 is 2.58 bits per heavy atom. The first kappa shape index (κ1) is 16.9. The molecule has 2 aromatic carbocycles. The third-order valence-electron chi connectivity index (χ3n) is 5.08. The van der Waals surface area contributed by atoms with Gasteiger partial charge in [-0.3, -0.25) is 9.69 Å². The first-order chi connectivity index (χ1) is 12.7. The zero-order chi connectivity index (χ0) is 17.9. The first-order valence-electron chi connectivity index (χ1n) is 9.03. The molecule has 4 N–H and O–H groups in total. The van der Waals surface area contributed by atoms with Gasteiger partial charge in [0.2, 0.25) is 0 Å². The number of ether oxygens (including phenoxy) is 1. The van der Waals surface area contributed by atoms with Crippen molar-refractivity contribution in [2.75, 3.05) is 42.7 Å². The molecule has 2 aliphatic heterocycles. The molecule has 0 saturated carbocycles. The molecule has 1 amide bonds. The molecule has 2 heterocycles. The van der Waals surface area contributed by atoms with Crippen LogP contribution in [0.1, 0.15) is 16.8 Å². The quantitative estimate of drug-likeness (QED) is 0.720. The molecule has 1 atom stereocenters. The van der Waals surface area contributed by atoms with Gasteiger partial charge < -0.3 is 21.1 Å². The molecular weight excluding hydrogens is 328 g/mol. The van der Waals surface area contributed by atoms with Crippen molar-refractivity contribution in [1.82, 2.24) is 4.90 Å². The van der Waals surface area contributed by atoms with Crippen LogP contribution in [0.15, 0.2) is 48.5 Å². The highest BCUT2D eigenvalue weighted by Gasteiger charge is 2.32. The summed E-state index contributed by atoms with van der Waals surface area (Å²) >= 11 is 0. The smallest absolute Gasteiger partial charge is 0.255 e. The number of nitrogen functional groups attached to an aromatic ring is 1. The average Bonchev–Trinajstić information content (AvgIpc) is 3.04. The minimum Gasteiger partial charge on any atom is -0.397 e. The van der Waals surface area contributed by atoms with Crippen molar-refractivity contribution in [1.29, 1.82) is 0 Å². The zero-order valence-electron chi connectivity index (χ0n) is 14.7. The number of amides is 1. The standard InChI is InChI=1S/C20H24N4O2/c21-18-3-1-2-4-19(18)23-20(25)14-5-7-15(8-6-14)22-16-9-10-24(11-16)17-12-26-13-17/h1-8,16-17,22H,9-13,21H2,(H,23,25). The number of carbonyl (C=O) groups excluding carboxylic acids is 1. The lowest BCUT2D eigenvalue weighted by Crippen LogP contribution is -2.48. The van der Waals surface area contributed by atoms with E-state index in [0.717, 1.165) is 38.4 Å². The lowest BCUT2D eigenvalue weighted by Gasteiger charge is -2.34. The van der Waals surface area contributed by atoms with Gasteiger partial charge in [0.15, 0.2) is 0 Å². The van der Waals surface area contributed by atoms with Gasteiger partial charge in [0.1, 0.15) is 0 Å². The molecule has 0 radical (unpaired) electrons. The van der Waals surface area contributed by atoms with E-state index in [0.29, 0.717) is 29.0 Å². The van der Waals surface area contributed by atoms with Crippen molar-refractivity contribution in [3.8, 4) is 0 Å². The second kappa shape index (κ2) is 7.35. The van der Waals surface area contributed by atoms with Crippen molar-refractivity contribution in [2.45, 2.75) is 18.5 Å². The normalized spacial score (nSPS) is 20.5. The molecule has 26 heavy (non-hydrogen) atoms. The predicted molar refractivity (Wildman–Crippen MR) is 103 cm³/mol. The van der Waals surface area contributed by atoms with Crippen LogP contribution in [-0.2, 0) is 4.74 Å². The van der Waals surface area contributed by atoms with Crippen LogP contribution in [-0.4, -0.2) is 49.2 Å². The zero-order valence-corrected chi connectivity index (χ0v) is 14.7. The Bertz CT molecular complexity index is 774. The van der Waals surface area contributed by atoms with Crippen molar-refractivity contribution < 1.29 is 9.53 Å². The Kier molecular flexibility index (Phi) is 4.77. The summed E-state index contributed by atoms with van der Waals surface area (Å²) in [5, 5.41) is 6.41. The summed E-state index contributed by atoms with van der Waals surface area (Å²) in [6.07, 6.45) is 1.13. The van der Waals surface area contributed by atoms with Crippen LogP contribution in [0.5, 0.6) is 0 Å². The number of hydrogen-bond acceptors (Lipinski definition) is 5. The van der Waals surface area contributed by atoms with Crippen LogP contribution in [0.25, 0.3) is 0 Å². The highest BCUT2D eigenvalue weighted by atomic mass is 16.5. The van der Waals surface area contributed by atoms with Gasteiger partial charge in [-0.15, -0.1) is 0 Å². The van der Waals surface area contributed by atoms with Gasteiger partial charge >= 0.3 is 0 Å². The Morgan fingerprint density at radius 2 is 1.88 bits per heavy atom. The molecule has 0 spiro atoms. The molecule has 0 bridgehead atoms. The summed E-state index contributed by atoms with van der Waals surface area (Å²) in [7, 11) is 0. The van der Waals surface area contributed by atoms with E-state index in [1.807, 2.05) is 36.4 Å². The number of nitrogens with one attached hydrogen (secondary N) is 2. The minimum absolute atomic E-state index is 0.161. The van der Waals surface area contributed by atoms with Crippen molar-refractivity contribution >= 4 is 23.0 Å². The first-order valence-corrected chi connectivity index (χ1v) is 9.03. The van der Waals surface area contributed by atoms with Gasteiger partial charge in [0, 0.05) is 30.4 Å². The van der Waals surface area contributed by atoms with E-state index < -0.39 is 0 Å². The van der Waals surface area contributed by atoms with Crippen molar-refractivity contribution in [2.24, 2.45) is 0 Å². The molecule has 2 aromatic rings. The largest absolute Gasteiger partial charge is 0.397 e. The van der Waals surface area contributed by atoms with E-state index in [2.05, 4.69) is 15.5 Å². The molecule has 0 aromatic heterocycles. The monoisotopic (exact) mass is 352 g/mol. The predicted octanol–water partition coefficient (Wildman–Crippen LogP) is 2.41. The maximum absolute atomic E-state index is 12.4. The van der Waals surface area contributed by atoms with Crippen LogP contribution in [0.4, 0.5) is 17.1 Å². The van der Waals surface area contributed by atoms with Gasteiger partial charge in [0.25, 0.3) is 5.91 Å². The molecule has 4 rings (SSSR count). The van der Waals surface area contributed by atoms with Crippen molar-refractivity contribution in [3.05, 3.63) is 54.1 Å². The van der Waals surface area contributed by atoms with Gasteiger partial charge in [-0.05, 0) is 42.8 Å². The Hall–Kier alpha value is -2.57. The van der Waals surface area contributed by atoms with E-state index >= 15 is 0 Å². The number of benzene rings is 2. The average molecular weight is 352 g/mol. The maximum atomic E-state index is 12.4. The fourth-order valence-electron chi connectivity index (χ4n) is 3.43. The van der Waals surface area contributed by atoms with E-state index in [9.17, 15) is 4.79 Å². The Morgan fingerprint density at radius 1 is 1.12 bits per heavy atom. The van der Waals surface area contributed by atoms with Gasteiger partial charge in [-0.2, -0.15) is 0 Å². The van der Waals surface area contributed by atoms with Crippen LogP contribution in [0, 0.1) is 0 Å². The molecule has 6 heteroatoms. The topological polar surface area (TPSA) is 79.6 Å². The van der Waals surface area contributed by atoms with Gasteiger partial charge in [-0.1, -0.05) is 12.1 Å². The van der Waals surface area contributed by atoms with Crippen LogP contribution < -0.4 is 16.4 Å². The fraction of sp³-hybridized carbons (Fsp3) is 0.350. The SMILES string of the molecule is Nc1ccccc1NC(=O)c1ccc(NC2CCN(C3COC3)C2)cc1. The summed E-state index contributed by atoms with van der Waals surface area (Å²) in [5.41, 5.74) is 8.71. The minimum atomic E-state index is -0.161. The molecule has 2 saturated heterocycles. The Balaban J connectivity index is 1.33. The van der Waals surface area contributed by atoms with E-state index in [1.54, 1.807) is 12.1 Å². The summed E-state index contributed by atoms with van der Waals surface area (Å²) < 4.78 is 5.28. The second-order valence-electron chi connectivity index (χ2n) is 6.93. The lowest BCUT2D eigenvalue weighted by molar-refractivity contribution is -0.0571. The lowest BCUT2D eigenvalue weighted by atomic mass is 10.1. The fourth-order valence-corrected chi connectivity index (χ4v) is 3.43. The molecular formula is C20H24N4O2. The number of anilines is 3.